The first-order valence-corrected chi connectivity index (χ1v) is 9.05. The van der Waals surface area contributed by atoms with E-state index in [4.69, 9.17) is 0 Å². The minimum atomic E-state index is -2.87. The van der Waals surface area contributed by atoms with Gasteiger partial charge >= 0.3 is 0 Å². The van der Waals surface area contributed by atoms with E-state index < -0.39 is 9.84 Å². The molecule has 0 amide bonds. The van der Waals surface area contributed by atoms with Gasteiger partial charge in [-0.15, -0.1) is 11.8 Å². The van der Waals surface area contributed by atoms with Gasteiger partial charge in [-0.1, -0.05) is 32.0 Å². The van der Waals surface area contributed by atoms with Crippen LogP contribution in [0.2, 0.25) is 0 Å². The molecule has 0 fully saturated rings. The molecule has 3 nitrogen and oxygen atoms in total. The molecule has 0 aromatic heterocycles. The van der Waals surface area contributed by atoms with Crippen molar-refractivity contribution in [2.45, 2.75) is 31.3 Å². The number of hydrogen-bond acceptors (Lipinski definition) is 4. The molecule has 0 bridgehead atoms. The summed E-state index contributed by atoms with van der Waals surface area (Å²) in [5, 5.41) is 3.38. The van der Waals surface area contributed by atoms with Gasteiger partial charge in [0.05, 0.1) is 5.75 Å². The first-order chi connectivity index (χ1) is 8.38. The van der Waals surface area contributed by atoms with E-state index in [1.54, 1.807) is 11.8 Å². The van der Waals surface area contributed by atoms with Crippen LogP contribution in [0.25, 0.3) is 0 Å². The Morgan fingerprint density at radius 1 is 1.28 bits per heavy atom. The van der Waals surface area contributed by atoms with Gasteiger partial charge in [-0.25, -0.2) is 8.42 Å². The van der Waals surface area contributed by atoms with Crippen LogP contribution in [-0.2, 0) is 16.4 Å². The molecule has 0 aliphatic carbocycles. The molecule has 1 aromatic carbocycles. The molecule has 102 valence electrons. The minimum Gasteiger partial charge on any atom is -0.310 e. The molecule has 1 rings (SSSR count). The molecule has 0 atom stereocenters. The summed E-state index contributed by atoms with van der Waals surface area (Å²) in [5.41, 5.74) is 1.23. The number of nitrogens with one attached hydrogen (secondary N) is 1. The van der Waals surface area contributed by atoms with E-state index in [1.807, 2.05) is 18.2 Å². The summed E-state index contributed by atoms with van der Waals surface area (Å²) in [4.78, 5) is 1.16. The molecule has 5 heteroatoms. The smallest absolute Gasteiger partial charge is 0.148 e. The summed E-state index contributed by atoms with van der Waals surface area (Å²) in [6, 6.07) is 8.57. The van der Waals surface area contributed by atoms with E-state index in [2.05, 4.69) is 25.2 Å². The first-order valence-electron chi connectivity index (χ1n) is 6.00. The van der Waals surface area contributed by atoms with Crippen LogP contribution in [0.4, 0.5) is 0 Å². The lowest BCUT2D eigenvalue weighted by Gasteiger charge is -2.12. The fourth-order valence-electron chi connectivity index (χ4n) is 1.41. The van der Waals surface area contributed by atoms with Gasteiger partial charge in [0.2, 0.25) is 0 Å². The Labute approximate surface area is 114 Å². The van der Waals surface area contributed by atoms with Crippen molar-refractivity contribution in [3.8, 4) is 0 Å². The highest BCUT2D eigenvalue weighted by atomic mass is 32.2. The van der Waals surface area contributed by atoms with Gasteiger partial charge in [-0.05, 0) is 11.6 Å². The lowest BCUT2D eigenvalue weighted by Crippen LogP contribution is -2.22. The zero-order valence-electron chi connectivity index (χ0n) is 11.1. The zero-order chi connectivity index (χ0) is 13.6. The minimum absolute atomic E-state index is 0.226. The summed E-state index contributed by atoms with van der Waals surface area (Å²) in [7, 11) is -2.87. The Hall–Kier alpha value is -0.520. The highest BCUT2D eigenvalue weighted by molar-refractivity contribution is 8.00. The Balaban J connectivity index is 2.59. The number of rotatable bonds is 7. The topological polar surface area (TPSA) is 46.2 Å². The Morgan fingerprint density at radius 2 is 1.94 bits per heavy atom. The third-order valence-electron chi connectivity index (χ3n) is 2.39. The van der Waals surface area contributed by atoms with E-state index in [0.717, 1.165) is 11.4 Å². The molecule has 0 radical (unpaired) electrons. The summed E-state index contributed by atoms with van der Waals surface area (Å²) < 4.78 is 22.2. The predicted molar refractivity (Wildman–Crippen MR) is 78.9 cm³/mol. The Morgan fingerprint density at radius 3 is 2.56 bits per heavy atom. The Bertz CT molecular complexity index is 470. The van der Waals surface area contributed by atoms with Gasteiger partial charge in [0, 0.05) is 29.5 Å². The predicted octanol–water partition coefficient (Wildman–Crippen LogP) is 2.32. The van der Waals surface area contributed by atoms with Crippen LogP contribution in [0.3, 0.4) is 0 Å². The van der Waals surface area contributed by atoms with E-state index in [9.17, 15) is 8.42 Å². The fraction of sp³-hybridized carbons (Fsp3) is 0.538. The molecule has 18 heavy (non-hydrogen) atoms. The van der Waals surface area contributed by atoms with Crippen molar-refractivity contribution in [2.24, 2.45) is 0 Å². The number of benzene rings is 1. The summed E-state index contributed by atoms with van der Waals surface area (Å²) in [5.74, 6) is 0.834. The molecule has 0 aliphatic heterocycles. The van der Waals surface area contributed by atoms with E-state index in [1.165, 1.54) is 11.8 Å². The molecule has 0 saturated carbocycles. The van der Waals surface area contributed by atoms with Crippen molar-refractivity contribution in [3.63, 3.8) is 0 Å². The molecular formula is C13H21NO2S2. The van der Waals surface area contributed by atoms with Crippen molar-refractivity contribution < 1.29 is 8.42 Å². The van der Waals surface area contributed by atoms with Crippen LogP contribution in [0.1, 0.15) is 19.4 Å². The monoisotopic (exact) mass is 287 g/mol. The highest BCUT2D eigenvalue weighted by Gasteiger charge is 2.06. The molecule has 1 N–H and O–H groups in total. The largest absolute Gasteiger partial charge is 0.310 e. The van der Waals surface area contributed by atoms with Crippen LogP contribution >= 0.6 is 11.8 Å². The van der Waals surface area contributed by atoms with Gasteiger partial charge in [0.1, 0.15) is 9.84 Å². The molecule has 0 heterocycles. The summed E-state index contributed by atoms with van der Waals surface area (Å²) in [6.45, 7) is 5.04. The molecular weight excluding hydrogens is 266 g/mol. The van der Waals surface area contributed by atoms with Crippen molar-refractivity contribution in [1.82, 2.24) is 5.32 Å². The first kappa shape index (κ1) is 15.5. The van der Waals surface area contributed by atoms with Crippen molar-refractivity contribution >= 4 is 21.6 Å². The standard InChI is InChI=1S/C13H21NO2S2/c1-11(2)14-10-12-6-4-5-7-13(12)17-8-9-18(3,15)16/h4-7,11,14H,8-10H2,1-3H3. The fourth-order valence-corrected chi connectivity index (χ4v) is 3.67. The lowest BCUT2D eigenvalue weighted by molar-refractivity contribution is 0.585. The Kier molecular flexibility index (Phi) is 6.18. The SMILES string of the molecule is CC(C)NCc1ccccc1SCCS(C)(=O)=O. The van der Waals surface area contributed by atoms with Crippen molar-refractivity contribution in [1.29, 1.82) is 0 Å². The van der Waals surface area contributed by atoms with Crippen LogP contribution in [0.5, 0.6) is 0 Å². The van der Waals surface area contributed by atoms with Crippen LogP contribution in [-0.4, -0.2) is 32.2 Å². The van der Waals surface area contributed by atoms with Gasteiger partial charge < -0.3 is 5.32 Å². The van der Waals surface area contributed by atoms with Crippen LogP contribution in [0, 0.1) is 0 Å². The average molecular weight is 287 g/mol. The second-order valence-corrected chi connectivity index (χ2v) is 8.02. The van der Waals surface area contributed by atoms with Crippen LogP contribution in [0.15, 0.2) is 29.2 Å². The maximum absolute atomic E-state index is 11.1. The lowest BCUT2D eigenvalue weighted by atomic mass is 10.2. The van der Waals surface area contributed by atoms with E-state index >= 15 is 0 Å². The third-order valence-corrected chi connectivity index (χ3v) is 4.71. The molecule has 1 aromatic rings. The van der Waals surface area contributed by atoms with E-state index in [-0.39, 0.29) is 5.75 Å². The summed E-state index contributed by atoms with van der Waals surface area (Å²) >= 11 is 1.61. The van der Waals surface area contributed by atoms with Gasteiger partial charge in [0.25, 0.3) is 0 Å². The number of sulfone groups is 1. The number of hydrogen-bond donors (Lipinski definition) is 1. The van der Waals surface area contributed by atoms with Gasteiger partial charge in [-0.2, -0.15) is 0 Å². The second kappa shape index (κ2) is 7.16. The third kappa shape index (κ3) is 6.42. The summed E-state index contributed by atoms with van der Waals surface area (Å²) in [6.07, 6.45) is 1.28. The quantitative estimate of drug-likeness (QED) is 0.782. The highest BCUT2D eigenvalue weighted by Crippen LogP contribution is 2.22. The van der Waals surface area contributed by atoms with Gasteiger partial charge in [0.15, 0.2) is 0 Å². The average Bonchev–Trinajstić information content (AvgIpc) is 2.26. The maximum atomic E-state index is 11.1. The maximum Gasteiger partial charge on any atom is 0.148 e. The van der Waals surface area contributed by atoms with Gasteiger partial charge in [-0.3, -0.25) is 0 Å². The van der Waals surface area contributed by atoms with Crippen LogP contribution < -0.4 is 5.32 Å². The van der Waals surface area contributed by atoms with Crippen molar-refractivity contribution in [3.05, 3.63) is 29.8 Å². The second-order valence-electron chi connectivity index (χ2n) is 4.62. The molecule has 0 aliphatic rings. The van der Waals surface area contributed by atoms with Crippen molar-refractivity contribution in [2.75, 3.05) is 17.8 Å². The van der Waals surface area contributed by atoms with E-state index in [0.29, 0.717) is 11.8 Å². The normalized spacial score (nSPS) is 12.0. The molecule has 0 spiro atoms. The molecule has 0 unspecified atom stereocenters. The zero-order valence-corrected chi connectivity index (χ0v) is 12.8. The number of thioether (sulfide) groups is 1. The molecule has 0 saturated heterocycles.